The Morgan fingerprint density at radius 1 is 1.27 bits per heavy atom. The van der Waals surface area contributed by atoms with Gasteiger partial charge in [-0.3, -0.25) is 14.7 Å². The first-order valence-electron chi connectivity index (χ1n) is 9.26. The van der Waals surface area contributed by atoms with Crippen molar-refractivity contribution in [3.63, 3.8) is 0 Å². The number of hydrogen-bond donors (Lipinski definition) is 1. The van der Waals surface area contributed by atoms with Crippen LogP contribution in [0.15, 0.2) is 36.5 Å². The third kappa shape index (κ3) is 3.35. The Kier molecular flexibility index (Phi) is 4.72. The van der Waals surface area contributed by atoms with Crippen LogP contribution in [-0.4, -0.2) is 59.0 Å². The van der Waals surface area contributed by atoms with Gasteiger partial charge in [0.05, 0.1) is 18.1 Å². The maximum absolute atomic E-state index is 12.5. The lowest BCUT2D eigenvalue weighted by Crippen LogP contribution is -2.42. The Labute approximate surface area is 153 Å². The van der Waals surface area contributed by atoms with Crippen LogP contribution in [0.4, 0.5) is 5.69 Å². The monoisotopic (exact) mass is 349 g/mol. The zero-order valence-electron chi connectivity index (χ0n) is 14.8. The van der Waals surface area contributed by atoms with Gasteiger partial charge in [-0.15, -0.1) is 0 Å². The largest absolute Gasteiger partial charge is 0.380 e. The van der Waals surface area contributed by atoms with E-state index in [9.17, 15) is 4.79 Å². The standard InChI is InChI=1S/C20H23N5O/c21-12-16-4-3-10-25(16)20(26)14-24-11-8-15(13-24)23-19-7-1-6-18-17(19)5-2-9-22-18/h1-2,5-7,9,15-16,23H,3-4,8,10-11,13-14H2/t15-,16?/m0/s1. The summed E-state index contributed by atoms with van der Waals surface area (Å²) in [5.74, 6) is 0.0871. The number of carbonyl (C=O) groups is 1. The summed E-state index contributed by atoms with van der Waals surface area (Å²) in [6.07, 6.45) is 4.55. The lowest BCUT2D eigenvalue weighted by molar-refractivity contribution is -0.132. The molecule has 2 saturated heterocycles. The number of hydrogen-bond acceptors (Lipinski definition) is 5. The molecule has 0 radical (unpaired) electrons. The molecule has 6 nitrogen and oxygen atoms in total. The Morgan fingerprint density at radius 3 is 3.08 bits per heavy atom. The zero-order chi connectivity index (χ0) is 17.9. The highest BCUT2D eigenvalue weighted by molar-refractivity contribution is 5.91. The quantitative estimate of drug-likeness (QED) is 0.916. The number of amides is 1. The van der Waals surface area contributed by atoms with Gasteiger partial charge in [0.15, 0.2) is 0 Å². The fourth-order valence-electron chi connectivity index (χ4n) is 4.02. The fraction of sp³-hybridized carbons (Fsp3) is 0.450. The maximum Gasteiger partial charge on any atom is 0.237 e. The minimum Gasteiger partial charge on any atom is -0.380 e. The lowest BCUT2D eigenvalue weighted by Gasteiger charge is -2.23. The van der Waals surface area contributed by atoms with E-state index in [2.05, 4.69) is 33.4 Å². The highest BCUT2D eigenvalue weighted by Gasteiger charge is 2.31. The second kappa shape index (κ2) is 7.30. The molecule has 0 saturated carbocycles. The van der Waals surface area contributed by atoms with Crippen LogP contribution in [0.25, 0.3) is 10.9 Å². The van der Waals surface area contributed by atoms with E-state index in [-0.39, 0.29) is 11.9 Å². The van der Waals surface area contributed by atoms with Crippen LogP contribution < -0.4 is 5.32 Å². The predicted molar refractivity (Wildman–Crippen MR) is 101 cm³/mol. The summed E-state index contributed by atoms with van der Waals surface area (Å²) in [7, 11) is 0. The van der Waals surface area contributed by atoms with Gasteiger partial charge in [-0.2, -0.15) is 5.26 Å². The van der Waals surface area contributed by atoms with Crippen molar-refractivity contribution in [1.82, 2.24) is 14.8 Å². The first-order valence-corrected chi connectivity index (χ1v) is 9.26. The number of nitrogens with one attached hydrogen (secondary N) is 1. The number of nitrogens with zero attached hydrogens (tertiary/aromatic N) is 4. The molecule has 2 fully saturated rings. The number of likely N-dealkylation sites (tertiary alicyclic amines) is 2. The molecule has 2 aromatic rings. The van der Waals surface area contributed by atoms with Gasteiger partial charge >= 0.3 is 0 Å². The maximum atomic E-state index is 12.5. The van der Waals surface area contributed by atoms with Crippen molar-refractivity contribution < 1.29 is 4.79 Å². The van der Waals surface area contributed by atoms with E-state index < -0.39 is 0 Å². The van der Waals surface area contributed by atoms with Gasteiger partial charge in [-0.25, -0.2) is 0 Å². The Hall–Kier alpha value is -2.65. The van der Waals surface area contributed by atoms with Gasteiger partial charge in [0.1, 0.15) is 6.04 Å². The number of anilines is 1. The second-order valence-electron chi connectivity index (χ2n) is 7.11. The van der Waals surface area contributed by atoms with Crippen molar-refractivity contribution >= 4 is 22.5 Å². The van der Waals surface area contributed by atoms with E-state index >= 15 is 0 Å². The van der Waals surface area contributed by atoms with E-state index in [1.54, 1.807) is 4.90 Å². The number of rotatable bonds is 4. The summed E-state index contributed by atoms with van der Waals surface area (Å²) in [4.78, 5) is 20.9. The summed E-state index contributed by atoms with van der Waals surface area (Å²) >= 11 is 0. The van der Waals surface area contributed by atoms with Gasteiger partial charge in [0.2, 0.25) is 5.91 Å². The van der Waals surface area contributed by atoms with Crippen molar-refractivity contribution in [3.8, 4) is 6.07 Å². The Morgan fingerprint density at radius 2 is 2.19 bits per heavy atom. The van der Waals surface area contributed by atoms with Crippen LogP contribution >= 0.6 is 0 Å². The molecule has 6 heteroatoms. The third-order valence-corrected chi connectivity index (χ3v) is 5.36. The molecule has 134 valence electrons. The molecular formula is C20H23N5O. The minimum atomic E-state index is -0.234. The summed E-state index contributed by atoms with van der Waals surface area (Å²) in [5, 5.41) is 13.9. The molecular weight excluding hydrogens is 326 g/mol. The lowest BCUT2D eigenvalue weighted by atomic mass is 10.1. The molecule has 0 bridgehead atoms. The SMILES string of the molecule is N#CC1CCCN1C(=O)CN1CC[C@H](Nc2cccc3ncccc23)C1. The minimum absolute atomic E-state index is 0.0871. The predicted octanol–water partition coefficient (Wildman–Crippen LogP) is 2.24. The number of carbonyl (C=O) groups excluding carboxylic acids is 1. The molecule has 26 heavy (non-hydrogen) atoms. The fourth-order valence-corrected chi connectivity index (χ4v) is 4.02. The molecule has 1 aromatic carbocycles. The number of benzene rings is 1. The molecule has 1 amide bonds. The highest BCUT2D eigenvalue weighted by Crippen LogP contribution is 2.24. The molecule has 0 aliphatic carbocycles. The summed E-state index contributed by atoms with van der Waals surface area (Å²) in [6.45, 7) is 2.87. The first-order chi connectivity index (χ1) is 12.7. The van der Waals surface area contributed by atoms with Gasteiger partial charge in [-0.1, -0.05) is 6.07 Å². The van der Waals surface area contributed by atoms with E-state index in [0.29, 0.717) is 12.6 Å². The Bertz CT molecular complexity index is 840. The molecule has 2 atom stereocenters. The van der Waals surface area contributed by atoms with Crippen LogP contribution in [-0.2, 0) is 4.79 Å². The van der Waals surface area contributed by atoms with Gasteiger partial charge < -0.3 is 10.2 Å². The van der Waals surface area contributed by atoms with E-state index in [1.807, 2.05) is 24.4 Å². The number of pyridine rings is 1. The first kappa shape index (κ1) is 16.8. The van der Waals surface area contributed by atoms with Crippen molar-refractivity contribution in [2.24, 2.45) is 0 Å². The topological polar surface area (TPSA) is 72.3 Å². The van der Waals surface area contributed by atoms with Crippen LogP contribution in [0.1, 0.15) is 19.3 Å². The van der Waals surface area contributed by atoms with E-state index in [1.165, 1.54) is 0 Å². The van der Waals surface area contributed by atoms with Crippen LogP contribution in [0.3, 0.4) is 0 Å². The average Bonchev–Trinajstić information content (AvgIpc) is 3.31. The number of nitriles is 1. The summed E-state index contributed by atoms with van der Waals surface area (Å²) in [6, 6.07) is 12.5. The molecule has 1 unspecified atom stereocenters. The molecule has 3 heterocycles. The molecule has 1 aromatic heterocycles. The van der Waals surface area contributed by atoms with Crippen molar-refractivity contribution in [1.29, 1.82) is 5.26 Å². The zero-order valence-corrected chi connectivity index (χ0v) is 14.8. The van der Waals surface area contributed by atoms with E-state index in [0.717, 1.165) is 55.5 Å². The van der Waals surface area contributed by atoms with Crippen molar-refractivity contribution in [2.75, 3.05) is 31.5 Å². The Balaban J connectivity index is 1.37. The summed E-state index contributed by atoms with van der Waals surface area (Å²) in [5.41, 5.74) is 2.08. The molecule has 2 aliphatic rings. The molecule has 0 spiro atoms. The van der Waals surface area contributed by atoms with E-state index in [4.69, 9.17) is 5.26 Å². The van der Waals surface area contributed by atoms with Crippen LogP contribution in [0.2, 0.25) is 0 Å². The second-order valence-corrected chi connectivity index (χ2v) is 7.11. The molecule has 4 rings (SSSR count). The molecule has 2 aliphatic heterocycles. The van der Waals surface area contributed by atoms with Crippen LogP contribution in [0, 0.1) is 11.3 Å². The van der Waals surface area contributed by atoms with Crippen LogP contribution in [0.5, 0.6) is 0 Å². The van der Waals surface area contributed by atoms with Crippen molar-refractivity contribution in [3.05, 3.63) is 36.5 Å². The van der Waals surface area contributed by atoms with Gasteiger partial charge in [0.25, 0.3) is 0 Å². The normalized spacial score (nSPS) is 23.3. The third-order valence-electron chi connectivity index (χ3n) is 5.36. The number of aromatic nitrogens is 1. The number of fused-ring (bicyclic) bond motifs is 1. The molecule has 1 N–H and O–H groups in total. The van der Waals surface area contributed by atoms with Crippen molar-refractivity contribution in [2.45, 2.75) is 31.3 Å². The van der Waals surface area contributed by atoms with Gasteiger partial charge in [-0.05, 0) is 43.5 Å². The van der Waals surface area contributed by atoms with Gasteiger partial charge in [0, 0.05) is 42.9 Å². The average molecular weight is 349 g/mol. The summed E-state index contributed by atoms with van der Waals surface area (Å²) < 4.78 is 0. The smallest absolute Gasteiger partial charge is 0.237 e. The highest BCUT2D eigenvalue weighted by atomic mass is 16.2.